The van der Waals surface area contributed by atoms with E-state index in [9.17, 15) is 0 Å². The first kappa shape index (κ1) is 11.9. The molecule has 1 atom stereocenters. The Morgan fingerprint density at radius 1 is 1.50 bits per heavy atom. The Labute approximate surface area is 103 Å². The lowest BCUT2D eigenvalue weighted by Crippen LogP contribution is -2.35. The molecule has 3 heteroatoms. The molecule has 0 radical (unpaired) electrons. The third kappa shape index (κ3) is 3.19. The highest BCUT2D eigenvalue weighted by Gasteiger charge is 2.18. The predicted molar refractivity (Wildman–Crippen MR) is 67.7 cm³/mol. The van der Waals surface area contributed by atoms with Crippen molar-refractivity contribution in [1.29, 1.82) is 0 Å². The zero-order chi connectivity index (χ0) is 11.4. The van der Waals surface area contributed by atoms with Gasteiger partial charge >= 0.3 is 0 Å². The maximum atomic E-state index is 5.93. The van der Waals surface area contributed by atoms with E-state index in [-0.39, 0.29) is 0 Å². The predicted octanol–water partition coefficient (Wildman–Crippen LogP) is 2.84. The minimum atomic E-state index is 0.674. The minimum Gasteiger partial charge on any atom is -0.299 e. The van der Waals surface area contributed by atoms with Gasteiger partial charge in [0, 0.05) is 31.4 Å². The monoisotopic (exact) mass is 238 g/mol. The zero-order valence-corrected chi connectivity index (χ0v) is 10.6. The third-order valence-electron chi connectivity index (χ3n) is 3.16. The number of aromatic nitrogens is 1. The fourth-order valence-corrected chi connectivity index (χ4v) is 2.63. The highest BCUT2D eigenvalue weighted by Crippen LogP contribution is 2.19. The number of likely N-dealkylation sites (tertiary alicyclic amines) is 1. The van der Waals surface area contributed by atoms with Crippen LogP contribution < -0.4 is 0 Å². The SMILES string of the molecule is Cc1cncc(CN2CCCC(CCl)C2)c1. The van der Waals surface area contributed by atoms with Gasteiger partial charge in [0.1, 0.15) is 0 Å². The summed E-state index contributed by atoms with van der Waals surface area (Å²) in [5, 5.41) is 0. The molecule has 1 aliphatic heterocycles. The van der Waals surface area contributed by atoms with E-state index in [4.69, 9.17) is 11.6 Å². The fraction of sp³-hybridized carbons (Fsp3) is 0.615. The van der Waals surface area contributed by atoms with Gasteiger partial charge in [-0.15, -0.1) is 11.6 Å². The molecular weight excluding hydrogens is 220 g/mol. The van der Waals surface area contributed by atoms with Gasteiger partial charge < -0.3 is 0 Å². The zero-order valence-electron chi connectivity index (χ0n) is 9.82. The average Bonchev–Trinajstić information content (AvgIpc) is 2.29. The summed E-state index contributed by atoms with van der Waals surface area (Å²) in [6, 6.07) is 2.22. The van der Waals surface area contributed by atoms with Crippen LogP contribution in [0.5, 0.6) is 0 Å². The second-order valence-corrected chi connectivity index (χ2v) is 5.08. The average molecular weight is 239 g/mol. The Bertz CT molecular complexity index is 340. The van der Waals surface area contributed by atoms with Crippen LogP contribution in [0.4, 0.5) is 0 Å². The third-order valence-corrected chi connectivity index (χ3v) is 3.60. The second-order valence-electron chi connectivity index (χ2n) is 4.77. The number of nitrogens with zero attached hydrogens (tertiary/aromatic N) is 2. The van der Waals surface area contributed by atoms with Gasteiger partial charge in [-0.25, -0.2) is 0 Å². The van der Waals surface area contributed by atoms with Crippen molar-refractivity contribution >= 4 is 11.6 Å². The molecule has 1 unspecified atom stereocenters. The van der Waals surface area contributed by atoms with Gasteiger partial charge in [-0.1, -0.05) is 6.07 Å². The van der Waals surface area contributed by atoms with Gasteiger partial charge in [0.05, 0.1) is 0 Å². The van der Waals surface area contributed by atoms with E-state index in [2.05, 4.69) is 22.9 Å². The summed E-state index contributed by atoms with van der Waals surface area (Å²) in [5.74, 6) is 1.47. The summed E-state index contributed by atoms with van der Waals surface area (Å²) in [6.45, 7) is 5.44. The summed E-state index contributed by atoms with van der Waals surface area (Å²) in [5.41, 5.74) is 2.55. The minimum absolute atomic E-state index is 0.674. The van der Waals surface area contributed by atoms with Crippen LogP contribution in [0.1, 0.15) is 24.0 Å². The molecule has 1 saturated heterocycles. The van der Waals surface area contributed by atoms with E-state index in [1.807, 2.05) is 12.4 Å². The van der Waals surface area contributed by atoms with Gasteiger partial charge in [-0.3, -0.25) is 9.88 Å². The molecule has 0 bridgehead atoms. The van der Waals surface area contributed by atoms with Crippen LogP contribution in [0.3, 0.4) is 0 Å². The molecule has 0 saturated carbocycles. The molecule has 0 aliphatic carbocycles. The van der Waals surface area contributed by atoms with Crippen LogP contribution in [-0.2, 0) is 6.54 Å². The van der Waals surface area contributed by atoms with Gasteiger partial charge in [-0.2, -0.15) is 0 Å². The van der Waals surface area contributed by atoms with Crippen LogP contribution in [0.15, 0.2) is 18.5 Å². The number of alkyl halides is 1. The number of hydrogen-bond donors (Lipinski definition) is 0. The largest absolute Gasteiger partial charge is 0.299 e. The quantitative estimate of drug-likeness (QED) is 0.753. The van der Waals surface area contributed by atoms with Crippen molar-refractivity contribution in [3.8, 4) is 0 Å². The number of pyridine rings is 1. The Balaban J connectivity index is 1.94. The van der Waals surface area contributed by atoms with Crippen LogP contribution in [0.25, 0.3) is 0 Å². The molecule has 0 amide bonds. The summed E-state index contributed by atoms with van der Waals surface area (Å²) < 4.78 is 0. The maximum absolute atomic E-state index is 5.93. The van der Waals surface area contributed by atoms with Crippen molar-refractivity contribution in [2.24, 2.45) is 5.92 Å². The molecule has 16 heavy (non-hydrogen) atoms. The Kier molecular flexibility index (Phi) is 4.19. The summed E-state index contributed by atoms with van der Waals surface area (Å²) in [4.78, 5) is 6.73. The van der Waals surface area contributed by atoms with Gasteiger partial charge in [0.2, 0.25) is 0 Å². The highest BCUT2D eigenvalue weighted by atomic mass is 35.5. The van der Waals surface area contributed by atoms with Gasteiger partial charge in [0.15, 0.2) is 0 Å². The molecule has 88 valence electrons. The van der Waals surface area contributed by atoms with Gasteiger partial charge in [0.25, 0.3) is 0 Å². The molecule has 2 heterocycles. The van der Waals surface area contributed by atoms with E-state index in [0.717, 1.165) is 19.0 Å². The van der Waals surface area contributed by atoms with Crippen molar-refractivity contribution in [1.82, 2.24) is 9.88 Å². The number of hydrogen-bond acceptors (Lipinski definition) is 2. The molecule has 0 spiro atoms. The maximum Gasteiger partial charge on any atom is 0.0313 e. The second kappa shape index (κ2) is 5.65. The summed E-state index contributed by atoms with van der Waals surface area (Å²) in [6.07, 6.45) is 6.43. The standard InChI is InChI=1S/C13H19ClN2/c1-11-5-13(8-15-7-11)10-16-4-2-3-12(6-14)9-16/h5,7-8,12H,2-4,6,9-10H2,1H3. The Morgan fingerprint density at radius 3 is 3.12 bits per heavy atom. The van der Waals surface area contributed by atoms with Crippen molar-refractivity contribution in [2.75, 3.05) is 19.0 Å². The first-order chi connectivity index (χ1) is 7.78. The van der Waals surface area contributed by atoms with Crippen LogP contribution in [0.2, 0.25) is 0 Å². The topological polar surface area (TPSA) is 16.1 Å². The van der Waals surface area contributed by atoms with Crippen molar-refractivity contribution in [3.63, 3.8) is 0 Å². The number of rotatable bonds is 3. The molecule has 2 rings (SSSR count). The molecule has 2 nitrogen and oxygen atoms in total. The number of halogens is 1. The van der Waals surface area contributed by atoms with Crippen molar-refractivity contribution in [3.05, 3.63) is 29.6 Å². The number of aryl methyl sites for hydroxylation is 1. The number of piperidine rings is 1. The molecule has 0 aromatic carbocycles. The van der Waals surface area contributed by atoms with E-state index in [1.54, 1.807) is 0 Å². The first-order valence-corrected chi connectivity index (χ1v) is 6.50. The lowest BCUT2D eigenvalue weighted by atomic mass is 9.99. The Hall–Kier alpha value is -0.600. The highest BCUT2D eigenvalue weighted by molar-refractivity contribution is 6.18. The molecule has 0 N–H and O–H groups in total. The lowest BCUT2D eigenvalue weighted by molar-refractivity contribution is 0.178. The first-order valence-electron chi connectivity index (χ1n) is 5.97. The Morgan fingerprint density at radius 2 is 2.38 bits per heavy atom. The van der Waals surface area contributed by atoms with Crippen molar-refractivity contribution in [2.45, 2.75) is 26.3 Å². The normalized spacial score (nSPS) is 22.2. The molecule has 1 fully saturated rings. The summed E-state index contributed by atoms with van der Waals surface area (Å²) >= 11 is 5.93. The lowest BCUT2D eigenvalue weighted by Gasteiger charge is -2.31. The van der Waals surface area contributed by atoms with Crippen LogP contribution in [-0.4, -0.2) is 28.9 Å². The van der Waals surface area contributed by atoms with E-state index >= 15 is 0 Å². The smallest absolute Gasteiger partial charge is 0.0313 e. The van der Waals surface area contributed by atoms with Crippen molar-refractivity contribution < 1.29 is 0 Å². The van der Waals surface area contributed by atoms with Gasteiger partial charge in [-0.05, 0) is 43.4 Å². The molecule has 1 aliphatic rings. The molecule has 1 aromatic heterocycles. The molecular formula is C13H19ClN2. The van der Waals surface area contributed by atoms with E-state index < -0.39 is 0 Å². The van der Waals surface area contributed by atoms with E-state index in [1.165, 1.54) is 30.5 Å². The summed E-state index contributed by atoms with van der Waals surface area (Å²) in [7, 11) is 0. The fourth-order valence-electron chi connectivity index (χ4n) is 2.38. The van der Waals surface area contributed by atoms with E-state index in [0.29, 0.717) is 5.92 Å². The van der Waals surface area contributed by atoms with Crippen LogP contribution >= 0.6 is 11.6 Å². The molecule has 1 aromatic rings. The van der Waals surface area contributed by atoms with Crippen LogP contribution in [0, 0.1) is 12.8 Å².